The zero-order chi connectivity index (χ0) is 12.1. The number of anilines is 1. The van der Waals surface area contributed by atoms with Crippen molar-refractivity contribution in [2.75, 3.05) is 25.6 Å². The Balaban J connectivity index is 1.98. The van der Waals surface area contributed by atoms with Crippen molar-refractivity contribution in [3.63, 3.8) is 0 Å². The fourth-order valence-electron chi connectivity index (χ4n) is 1.57. The predicted octanol–water partition coefficient (Wildman–Crippen LogP) is 1.62. The van der Waals surface area contributed by atoms with Crippen molar-refractivity contribution in [1.82, 2.24) is 14.8 Å². The quantitative estimate of drug-likeness (QED) is 0.807. The number of rotatable bonds is 5. The highest BCUT2D eigenvalue weighted by molar-refractivity contribution is 7.09. The SMILES string of the molecule is COc1ccccc1CCN(C)c1nnns1. The molecular weight excluding hydrogens is 236 g/mol. The molecule has 1 heterocycles. The summed E-state index contributed by atoms with van der Waals surface area (Å²) in [6.07, 6.45) is 0.903. The number of ether oxygens (including phenoxy) is 1. The number of methoxy groups -OCH3 is 1. The highest BCUT2D eigenvalue weighted by atomic mass is 32.1. The van der Waals surface area contributed by atoms with Crippen LogP contribution in [-0.4, -0.2) is 35.5 Å². The monoisotopic (exact) mass is 250 g/mol. The molecule has 0 fully saturated rings. The van der Waals surface area contributed by atoms with Crippen molar-refractivity contribution in [3.05, 3.63) is 29.8 Å². The Hall–Kier alpha value is -1.69. The molecule has 0 bridgehead atoms. The first-order valence-electron chi connectivity index (χ1n) is 5.29. The molecule has 1 aromatic heterocycles. The van der Waals surface area contributed by atoms with Crippen molar-refractivity contribution < 1.29 is 4.74 Å². The summed E-state index contributed by atoms with van der Waals surface area (Å²) in [5, 5.41) is 8.34. The lowest BCUT2D eigenvalue weighted by atomic mass is 10.1. The molecule has 0 saturated carbocycles. The third-order valence-electron chi connectivity index (χ3n) is 2.52. The molecule has 0 unspecified atom stereocenters. The van der Waals surface area contributed by atoms with E-state index in [4.69, 9.17) is 4.74 Å². The first kappa shape index (κ1) is 11.8. The fourth-order valence-corrected chi connectivity index (χ4v) is 2.02. The van der Waals surface area contributed by atoms with Gasteiger partial charge < -0.3 is 9.64 Å². The smallest absolute Gasteiger partial charge is 0.227 e. The summed E-state index contributed by atoms with van der Waals surface area (Å²) in [5.41, 5.74) is 1.19. The predicted molar refractivity (Wildman–Crippen MR) is 67.7 cm³/mol. The van der Waals surface area contributed by atoms with Gasteiger partial charge in [0.25, 0.3) is 0 Å². The van der Waals surface area contributed by atoms with Gasteiger partial charge in [0.1, 0.15) is 5.75 Å². The molecule has 1 aromatic carbocycles. The normalized spacial score (nSPS) is 10.2. The first-order chi connectivity index (χ1) is 8.31. The summed E-state index contributed by atoms with van der Waals surface area (Å²) in [5.74, 6) is 0.927. The first-order valence-corrected chi connectivity index (χ1v) is 6.06. The van der Waals surface area contributed by atoms with E-state index in [1.165, 1.54) is 17.1 Å². The lowest BCUT2D eigenvalue weighted by Crippen LogP contribution is -2.20. The van der Waals surface area contributed by atoms with Gasteiger partial charge in [0.15, 0.2) is 0 Å². The minimum atomic E-state index is 0.833. The van der Waals surface area contributed by atoms with Gasteiger partial charge in [0.2, 0.25) is 5.13 Å². The number of benzene rings is 1. The molecule has 2 rings (SSSR count). The van der Waals surface area contributed by atoms with E-state index in [-0.39, 0.29) is 0 Å². The van der Waals surface area contributed by atoms with Gasteiger partial charge in [-0.05, 0) is 23.3 Å². The van der Waals surface area contributed by atoms with Crippen molar-refractivity contribution in [2.24, 2.45) is 0 Å². The number of nitrogens with zero attached hydrogens (tertiary/aromatic N) is 4. The third-order valence-corrected chi connectivity index (χ3v) is 3.24. The average molecular weight is 250 g/mol. The van der Waals surface area contributed by atoms with Crippen LogP contribution in [0.3, 0.4) is 0 Å². The van der Waals surface area contributed by atoms with Gasteiger partial charge in [-0.2, -0.15) is 0 Å². The molecule has 0 aliphatic heterocycles. The van der Waals surface area contributed by atoms with Crippen LogP contribution >= 0.6 is 11.5 Å². The molecular formula is C11H14N4OS. The average Bonchev–Trinajstić information content (AvgIpc) is 2.90. The van der Waals surface area contributed by atoms with Gasteiger partial charge in [0, 0.05) is 25.1 Å². The summed E-state index contributed by atoms with van der Waals surface area (Å²) in [6, 6.07) is 8.04. The van der Waals surface area contributed by atoms with Crippen LogP contribution in [0.5, 0.6) is 5.75 Å². The molecule has 0 radical (unpaired) electrons. The minimum absolute atomic E-state index is 0.833. The summed E-state index contributed by atoms with van der Waals surface area (Å²) < 4.78 is 9.06. The van der Waals surface area contributed by atoms with Crippen LogP contribution in [0.25, 0.3) is 0 Å². The second-order valence-electron chi connectivity index (χ2n) is 3.63. The number of hydrogen-bond acceptors (Lipinski definition) is 6. The van der Waals surface area contributed by atoms with Gasteiger partial charge in [-0.1, -0.05) is 27.8 Å². The molecule has 5 nitrogen and oxygen atoms in total. The summed E-state index contributed by atoms with van der Waals surface area (Å²) >= 11 is 1.30. The minimum Gasteiger partial charge on any atom is -0.496 e. The molecule has 0 saturated heterocycles. The summed E-state index contributed by atoms with van der Waals surface area (Å²) in [7, 11) is 3.68. The maximum atomic E-state index is 5.31. The van der Waals surface area contributed by atoms with Gasteiger partial charge in [-0.3, -0.25) is 0 Å². The van der Waals surface area contributed by atoms with E-state index < -0.39 is 0 Å². The van der Waals surface area contributed by atoms with Gasteiger partial charge in [-0.25, -0.2) is 0 Å². The van der Waals surface area contributed by atoms with Crippen LogP contribution in [0.15, 0.2) is 24.3 Å². The molecule has 0 atom stereocenters. The molecule has 6 heteroatoms. The molecule has 0 N–H and O–H groups in total. The molecule has 0 amide bonds. The Morgan fingerprint density at radius 1 is 1.35 bits per heavy atom. The lowest BCUT2D eigenvalue weighted by Gasteiger charge is -2.15. The lowest BCUT2D eigenvalue weighted by molar-refractivity contribution is 0.409. The largest absolute Gasteiger partial charge is 0.496 e. The maximum Gasteiger partial charge on any atom is 0.227 e. The van der Waals surface area contributed by atoms with Crippen LogP contribution in [-0.2, 0) is 6.42 Å². The van der Waals surface area contributed by atoms with E-state index in [1.54, 1.807) is 7.11 Å². The topological polar surface area (TPSA) is 51.1 Å². The second-order valence-corrected chi connectivity index (χ2v) is 4.34. The number of aromatic nitrogens is 3. The molecule has 2 aromatic rings. The Morgan fingerprint density at radius 2 is 2.18 bits per heavy atom. The Labute approximate surface area is 104 Å². The summed E-state index contributed by atoms with van der Waals surface area (Å²) in [4.78, 5) is 2.04. The standard InChI is InChI=1S/C11H14N4OS/c1-15(11-12-13-14-17-11)8-7-9-5-3-4-6-10(9)16-2/h3-6H,7-8H2,1-2H3. The third kappa shape index (κ3) is 2.91. The Kier molecular flexibility index (Phi) is 3.87. The molecule has 0 aliphatic carbocycles. The van der Waals surface area contributed by atoms with Crippen molar-refractivity contribution in [2.45, 2.75) is 6.42 Å². The number of likely N-dealkylation sites (N-methyl/N-ethyl adjacent to an activating group) is 1. The van der Waals surface area contributed by atoms with Gasteiger partial charge in [-0.15, -0.1) is 0 Å². The van der Waals surface area contributed by atoms with Crippen LogP contribution in [0.2, 0.25) is 0 Å². The molecule has 0 spiro atoms. The molecule has 17 heavy (non-hydrogen) atoms. The fraction of sp³-hybridized carbons (Fsp3) is 0.364. The molecule has 0 aliphatic rings. The van der Waals surface area contributed by atoms with E-state index in [9.17, 15) is 0 Å². The maximum absolute atomic E-state index is 5.31. The molecule has 90 valence electrons. The highest BCUT2D eigenvalue weighted by Crippen LogP contribution is 2.19. The second kappa shape index (κ2) is 5.58. The zero-order valence-corrected chi connectivity index (χ0v) is 10.6. The van der Waals surface area contributed by atoms with Crippen LogP contribution in [0.4, 0.5) is 5.13 Å². The van der Waals surface area contributed by atoms with Crippen molar-refractivity contribution >= 4 is 16.7 Å². The highest BCUT2D eigenvalue weighted by Gasteiger charge is 2.07. The Bertz CT molecular complexity index is 460. The zero-order valence-electron chi connectivity index (χ0n) is 9.83. The van der Waals surface area contributed by atoms with Crippen LogP contribution in [0, 0.1) is 0 Å². The van der Waals surface area contributed by atoms with Gasteiger partial charge in [0.05, 0.1) is 7.11 Å². The van der Waals surface area contributed by atoms with E-state index in [0.717, 1.165) is 23.8 Å². The van der Waals surface area contributed by atoms with E-state index in [0.29, 0.717) is 0 Å². The van der Waals surface area contributed by atoms with Gasteiger partial charge >= 0.3 is 0 Å². The Morgan fingerprint density at radius 3 is 2.88 bits per heavy atom. The van der Waals surface area contributed by atoms with E-state index in [2.05, 4.69) is 20.9 Å². The number of para-hydroxylation sites is 1. The van der Waals surface area contributed by atoms with E-state index in [1.807, 2.05) is 30.1 Å². The van der Waals surface area contributed by atoms with E-state index >= 15 is 0 Å². The van der Waals surface area contributed by atoms with Crippen LogP contribution in [0.1, 0.15) is 5.56 Å². The van der Waals surface area contributed by atoms with Crippen molar-refractivity contribution in [1.29, 1.82) is 0 Å². The summed E-state index contributed by atoms with van der Waals surface area (Å²) in [6.45, 7) is 0.858. The number of hydrogen-bond donors (Lipinski definition) is 0. The van der Waals surface area contributed by atoms with Crippen molar-refractivity contribution in [3.8, 4) is 5.75 Å². The van der Waals surface area contributed by atoms with Crippen LogP contribution < -0.4 is 9.64 Å².